The number of unbranched alkanes of at least 4 members (excludes halogenated alkanes) is 2. The van der Waals surface area contributed by atoms with Crippen LogP contribution in [0.2, 0.25) is 0 Å². The van der Waals surface area contributed by atoms with Gasteiger partial charge >= 0.3 is 0 Å². The molecule has 0 radical (unpaired) electrons. The van der Waals surface area contributed by atoms with E-state index in [-0.39, 0.29) is 6.04 Å². The lowest BCUT2D eigenvalue weighted by Crippen LogP contribution is -2.09. The topological polar surface area (TPSA) is 38.9 Å². The third-order valence-corrected chi connectivity index (χ3v) is 3.17. The van der Waals surface area contributed by atoms with Gasteiger partial charge in [0.2, 0.25) is 0 Å². The van der Waals surface area contributed by atoms with Crippen molar-refractivity contribution >= 4 is 0 Å². The van der Waals surface area contributed by atoms with Gasteiger partial charge in [-0.15, -0.1) is 0 Å². The van der Waals surface area contributed by atoms with Crippen molar-refractivity contribution in [2.24, 2.45) is 5.73 Å². The lowest BCUT2D eigenvalue weighted by molar-refractivity contribution is 0.734. The Morgan fingerprint density at radius 1 is 1.12 bits per heavy atom. The van der Waals surface area contributed by atoms with Crippen LogP contribution in [0, 0.1) is 0 Å². The Bertz CT molecular complexity index is 332. The molecule has 17 heavy (non-hydrogen) atoms. The van der Waals surface area contributed by atoms with E-state index in [1.54, 1.807) is 0 Å². The fourth-order valence-corrected chi connectivity index (χ4v) is 1.99. The Morgan fingerprint density at radius 3 is 2.24 bits per heavy atom. The van der Waals surface area contributed by atoms with Crippen molar-refractivity contribution in [3.63, 3.8) is 0 Å². The highest BCUT2D eigenvalue weighted by molar-refractivity contribution is 5.28. The molecule has 1 unspecified atom stereocenters. The van der Waals surface area contributed by atoms with Crippen molar-refractivity contribution in [2.45, 2.75) is 65.3 Å². The molecular weight excluding hydrogens is 208 g/mol. The van der Waals surface area contributed by atoms with Crippen molar-refractivity contribution in [3.05, 3.63) is 29.1 Å². The van der Waals surface area contributed by atoms with Gasteiger partial charge in [-0.1, -0.05) is 26.7 Å². The molecule has 2 heteroatoms. The van der Waals surface area contributed by atoms with Crippen molar-refractivity contribution in [1.82, 2.24) is 4.98 Å². The van der Waals surface area contributed by atoms with Gasteiger partial charge in [0.1, 0.15) is 0 Å². The van der Waals surface area contributed by atoms with E-state index in [1.807, 2.05) is 13.1 Å². The average molecular weight is 234 g/mol. The molecule has 1 aromatic rings. The molecule has 96 valence electrons. The highest BCUT2D eigenvalue weighted by atomic mass is 14.8. The number of hydrogen-bond donors (Lipinski definition) is 1. The number of aryl methyl sites for hydroxylation is 2. The zero-order chi connectivity index (χ0) is 12.7. The van der Waals surface area contributed by atoms with Gasteiger partial charge in [0, 0.05) is 12.2 Å². The van der Waals surface area contributed by atoms with Gasteiger partial charge in [-0.05, 0) is 49.8 Å². The summed E-state index contributed by atoms with van der Waals surface area (Å²) < 4.78 is 0. The molecule has 2 nitrogen and oxygen atoms in total. The van der Waals surface area contributed by atoms with Crippen LogP contribution in [-0.2, 0) is 12.8 Å². The maximum Gasteiger partial charge on any atom is 0.0571 e. The lowest BCUT2D eigenvalue weighted by atomic mass is 9.98. The molecule has 0 fully saturated rings. The first-order valence-electron chi connectivity index (χ1n) is 6.92. The number of nitrogens with zero attached hydrogens (tertiary/aromatic N) is 1. The minimum absolute atomic E-state index is 0.0376. The molecule has 1 rings (SSSR count). The molecule has 0 saturated heterocycles. The fourth-order valence-electron chi connectivity index (χ4n) is 1.99. The maximum atomic E-state index is 5.90. The Labute approximate surface area is 106 Å². The quantitative estimate of drug-likeness (QED) is 0.779. The molecule has 1 heterocycles. The highest BCUT2D eigenvalue weighted by Crippen LogP contribution is 2.18. The first-order chi connectivity index (χ1) is 8.19. The molecule has 0 aromatic carbocycles. The van der Waals surface area contributed by atoms with Gasteiger partial charge < -0.3 is 5.73 Å². The van der Waals surface area contributed by atoms with E-state index in [1.165, 1.54) is 36.8 Å². The van der Waals surface area contributed by atoms with Crippen LogP contribution in [0.5, 0.6) is 0 Å². The molecule has 1 aromatic heterocycles. The predicted octanol–water partition coefficient (Wildman–Crippen LogP) is 3.79. The van der Waals surface area contributed by atoms with E-state index in [9.17, 15) is 0 Å². The van der Waals surface area contributed by atoms with Crippen LogP contribution in [0.15, 0.2) is 12.3 Å². The van der Waals surface area contributed by atoms with Crippen LogP contribution >= 0.6 is 0 Å². The summed E-state index contributed by atoms with van der Waals surface area (Å²) in [6.45, 7) is 6.46. The maximum absolute atomic E-state index is 5.90. The lowest BCUT2D eigenvalue weighted by Gasteiger charge is -2.12. The van der Waals surface area contributed by atoms with Crippen LogP contribution in [0.25, 0.3) is 0 Å². The molecule has 0 aliphatic heterocycles. The molecule has 0 aliphatic rings. The normalized spacial score (nSPS) is 12.7. The monoisotopic (exact) mass is 234 g/mol. The second kappa shape index (κ2) is 7.44. The summed E-state index contributed by atoms with van der Waals surface area (Å²) in [4.78, 5) is 4.47. The summed E-state index contributed by atoms with van der Waals surface area (Å²) in [5.41, 5.74) is 9.81. The fraction of sp³-hybridized carbons (Fsp3) is 0.667. The van der Waals surface area contributed by atoms with Gasteiger partial charge in [-0.25, -0.2) is 0 Å². The van der Waals surface area contributed by atoms with Gasteiger partial charge in [-0.3, -0.25) is 4.98 Å². The summed E-state index contributed by atoms with van der Waals surface area (Å²) in [7, 11) is 0. The largest absolute Gasteiger partial charge is 0.323 e. The number of nitrogens with two attached hydrogens (primary N) is 1. The van der Waals surface area contributed by atoms with Gasteiger partial charge in [-0.2, -0.15) is 0 Å². The van der Waals surface area contributed by atoms with Gasteiger partial charge in [0.25, 0.3) is 0 Å². The molecule has 0 saturated carbocycles. The summed E-state index contributed by atoms with van der Waals surface area (Å²) in [6, 6.07) is 2.25. The van der Waals surface area contributed by atoms with Gasteiger partial charge in [0.05, 0.1) is 5.69 Å². The molecule has 0 aliphatic carbocycles. The van der Waals surface area contributed by atoms with Crippen LogP contribution < -0.4 is 5.73 Å². The van der Waals surface area contributed by atoms with Crippen LogP contribution in [0.1, 0.15) is 69.3 Å². The van der Waals surface area contributed by atoms with E-state index in [0.717, 1.165) is 18.5 Å². The molecule has 0 bridgehead atoms. The van der Waals surface area contributed by atoms with E-state index in [4.69, 9.17) is 5.73 Å². The number of aromatic nitrogens is 1. The Kier molecular flexibility index (Phi) is 6.20. The summed E-state index contributed by atoms with van der Waals surface area (Å²) in [5.74, 6) is 0. The number of pyridine rings is 1. The minimum Gasteiger partial charge on any atom is -0.323 e. The zero-order valence-electron chi connectivity index (χ0n) is 11.5. The van der Waals surface area contributed by atoms with Crippen molar-refractivity contribution in [3.8, 4) is 0 Å². The predicted molar refractivity (Wildman–Crippen MR) is 74.1 cm³/mol. The first-order valence-corrected chi connectivity index (χ1v) is 6.92. The Balaban J connectivity index is 2.86. The van der Waals surface area contributed by atoms with E-state index in [2.05, 4.69) is 24.9 Å². The third-order valence-electron chi connectivity index (χ3n) is 3.17. The highest BCUT2D eigenvalue weighted by Gasteiger charge is 2.07. The van der Waals surface area contributed by atoms with Crippen LogP contribution in [0.3, 0.4) is 0 Å². The number of rotatable bonds is 7. The second-order valence-corrected chi connectivity index (χ2v) is 4.87. The van der Waals surface area contributed by atoms with Crippen molar-refractivity contribution < 1.29 is 0 Å². The average Bonchev–Trinajstić information content (AvgIpc) is 2.34. The summed E-state index contributed by atoms with van der Waals surface area (Å²) in [5, 5.41) is 0. The second-order valence-electron chi connectivity index (χ2n) is 4.87. The van der Waals surface area contributed by atoms with Crippen LogP contribution in [-0.4, -0.2) is 4.98 Å². The molecule has 1 atom stereocenters. The van der Waals surface area contributed by atoms with Gasteiger partial charge in [0.15, 0.2) is 0 Å². The van der Waals surface area contributed by atoms with E-state index >= 15 is 0 Å². The van der Waals surface area contributed by atoms with E-state index in [0.29, 0.717) is 0 Å². The molecule has 0 spiro atoms. The summed E-state index contributed by atoms with van der Waals surface area (Å²) in [6.07, 6.45) is 9.34. The zero-order valence-corrected chi connectivity index (χ0v) is 11.5. The molecular formula is C15H26N2. The SMILES string of the molecule is CCCCc1cnc(C(C)N)cc1CCCC. The minimum atomic E-state index is 0.0376. The number of hydrogen-bond acceptors (Lipinski definition) is 2. The van der Waals surface area contributed by atoms with Crippen molar-refractivity contribution in [1.29, 1.82) is 0 Å². The molecule has 2 N–H and O–H groups in total. The Morgan fingerprint density at radius 2 is 1.71 bits per heavy atom. The summed E-state index contributed by atoms with van der Waals surface area (Å²) >= 11 is 0. The third kappa shape index (κ3) is 4.47. The van der Waals surface area contributed by atoms with Crippen LogP contribution in [0.4, 0.5) is 0 Å². The van der Waals surface area contributed by atoms with Crippen molar-refractivity contribution in [2.75, 3.05) is 0 Å². The standard InChI is InChI=1S/C15H26N2/c1-4-6-8-13-10-15(12(3)16)17-11-14(13)9-7-5-2/h10-12H,4-9,16H2,1-3H3. The first kappa shape index (κ1) is 14.2. The van der Waals surface area contributed by atoms with E-state index < -0.39 is 0 Å². The smallest absolute Gasteiger partial charge is 0.0571 e. The Hall–Kier alpha value is -0.890. The molecule has 0 amide bonds.